The Hall–Kier alpha value is -2.96. The summed E-state index contributed by atoms with van der Waals surface area (Å²) in [5, 5.41) is 15.3. The number of hydrogen-bond donors (Lipinski definition) is 1. The smallest absolute Gasteiger partial charge is 0.252 e. The number of ketones is 1. The van der Waals surface area contributed by atoms with Crippen LogP contribution in [0.5, 0.6) is 5.75 Å². The molecule has 7 heteroatoms. The summed E-state index contributed by atoms with van der Waals surface area (Å²) in [5.74, 6) is -0.899. The summed E-state index contributed by atoms with van der Waals surface area (Å²) in [7, 11) is 0. The Morgan fingerprint density at radius 2 is 2.04 bits per heavy atom. The van der Waals surface area contributed by atoms with Crippen LogP contribution in [0.25, 0.3) is 11.0 Å². The van der Waals surface area contributed by atoms with E-state index in [1.165, 1.54) is 17.8 Å². The molecule has 3 aromatic heterocycles. The van der Waals surface area contributed by atoms with E-state index in [9.17, 15) is 14.7 Å². The van der Waals surface area contributed by atoms with Crippen LogP contribution in [0.1, 0.15) is 48.7 Å². The fraction of sp³-hybridized carbons (Fsp3) is 0.400. The minimum absolute atomic E-state index is 0.227. The van der Waals surface area contributed by atoms with Crippen molar-refractivity contribution in [2.45, 2.75) is 51.6 Å². The number of fused-ring (bicyclic) bond motifs is 1. The number of aromatic nitrogens is 4. The second kappa shape index (κ2) is 6.33. The van der Waals surface area contributed by atoms with Crippen molar-refractivity contribution < 1.29 is 9.90 Å². The van der Waals surface area contributed by atoms with Gasteiger partial charge in [0.2, 0.25) is 0 Å². The fourth-order valence-corrected chi connectivity index (χ4v) is 4.23. The van der Waals surface area contributed by atoms with Crippen LogP contribution in [0.15, 0.2) is 35.5 Å². The maximum atomic E-state index is 12.0. The molecular formula is C20H22N4O3. The van der Waals surface area contributed by atoms with Crippen molar-refractivity contribution in [3.8, 4) is 5.75 Å². The van der Waals surface area contributed by atoms with Gasteiger partial charge in [-0.1, -0.05) is 12.8 Å². The third kappa shape index (κ3) is 2.83. The number of carbonyl (C=O) groups excluding carboxylic acids is 1. The van der Waals surface area contributed by atoms with Crippen LogP contribution in [0.4, 0.5) is 0 Å². The highest BCUT2D eigenvalue weighted by Crippen LogP contribution is 2.40. The van der Waals surface area contributed by atoms with Gasteiger partial charge in [-0.25, -0.2) is 4.98 Å². The molecule has 0 amide bonds. The Bertz CT molecular complexity index is 1090. The average Bonchev–Trinajstić information content (AvgIpc) is 3.24. The highest BCUT2D eigenvalue weighted by Gasteiger charge is 2.38. The van der Waals surface area contributed by atoms with Crippen LogP contribution in [-0.4, -0.2) is 30.2 Å². The number of rotatable bonds is 4. The fourth-order valence-electron chi connectivity index (χ4n) is 4.23. The van der Waals surface area contributed by atoms with Gasteiger partial charge in [0.25, 0.3) is 5.43 Å². The number of aryl methyl sites for hydroxylation is 1. The molecule has 0 bridgehead atoms. The molecule has 0 aromatic carbocycles. The maximum Gasteiger partial charge on any atom is 0.252 e. The van der Waals surface area contributed by atoms with Crippen LogP contribution in [0, 0.1) is 6.92 Å². The molecule has 0 atom stereocenters. The van der Waals surface area contributed by atoms with Gasteiger partial charge in [-0.05, 0) is 37.5 Å². The summed E-state index contributed by atoms with van der Waals surface area (Å²) in [6.45, 7) is 3.81. The van der Waals surface area contributed by atoms with Crippen molar-refractivity contribution in [3.05, 3.63) is 52.2 Å². The third-order valence-electron chi connectivity index (χ3n) is 5.55. The molecule has 4 rings (SSSR count). The molecule has 0 aliphatic heterocycles. The number of nitrogens with zero attached hydrogens (tertiary/aromatic N) is 4. The number of hydrogen-bond acceptors (Lipinski definition) is 5. The molecule has 7 nitrogen and oxygen atoms in total. The van der Waals surface area contributed by atoms with Gasteiger partial charge in [-0.2, -0.15) is 5.10 Å². The standard InChI is InChI=1S/C20H22N4O3/c1-13-10-24(19-15(13)6-5-9-21-19)20(7-3-4-8-20)12-23-11-16(26)18(27)17(22-23)14(2)25/h5-6,9-11,26H,3-4,7-8,12H2,1-2H3. The molecule has 1 aliphatic rings. The van der Waals surface area contributed by atoms with Crippen LogP contribution in [0.2, 0.25) is 0 Å². The van der Waals surface area contributed by atoms with Gasteiger partial charge in [-0.15, -0.1) is 0 Å². The molecule has 1 fully saturated rings. The van der Waals surface area contributed by atoms with Crippen LogP contribution in [-0.2, 0) is 12.1 Å². The predicted octanol–water partition coefficient (Wildman–Crippen LogP) is 2.78. The molecule has 1 aliphatic carbocycles. The van der Waals surface area contributed by atoms with E-state index in [0.29, 0.717) is 6.54 Å². The summed E-state index contributed by atoms with van der Waals surface area (Å²) < 4.78 is 3.75. The summed E-state index contributed by atoms with van der Waals surface area (Å²) in [5.41, 5.74) is 0.875. The quantitative estimate of drug-likeness (QED) is 0.717. The monoisotopic (exact) mass is 366 g/mol. The van der Waals surface area contributed by atoms with Crippen LogP contribution in [0.3, 0.4) is 0 Å². The lowest BCUT2D eigenvalue weighted by atomic mass is 9.97. The number of carbonyl (C=O) groups is 1. The summed E-state index contributed by atoms with van der Waals surface area (Å²) >= 11 is 0. The SMILES string of the molecule is CC(=O)c1nn(CC2(n3cc(C)c4cccnc43)CCCC2)cc(O)c1=O. The minimum atomic E-state index is -0.719. The molecule has 1 saturated carbocycles. The lowest BCUT2D eigenvalue weighted by molar-refractivity contribution is 0.100. The predicted molar refractivity (Wildman–Crippen MR) is 101 cm³/mol. The Morgan fingerprint density at radius 1 is 1.30 bits per heavy atom. The second-order valence-corrected chi connectivity index (χ2v) is 7.43. The van der Waals surface area contributed by atoms with Crippen LogP contribution >= 0.6 is 0 Å². The van der Waals surface area contributed by atoms with Crippen molar-refractivity contribution in [3.63, 3.8) is 0 Å². The Kier molecular flexibility index (Phi) is 4.09. The zero-order valence-electron chi connectivity index (χ0n) is 15.5. The molecular weight excluding hydrogens is 344 g/mol. The molecule has 0 radical (unpaired) electrons. The zero-order valence-corrected chi connectivity index (χ0v) is 15.5. The van der Waals surface area contributed by atoms with Crippen molar-refractivity contribution >= 4 is 16.8 Å². The van der Waals surface area contributed by atoms with Crippen molar-refractivity contribution in [1.29, 1.82) is 0 Å². The van der Waals surface area contributed by atoms with Crippen molar-refractivity contribution in [1.82, 2.24) is 19.3 Å². The first-order chi connectivity index (χ1) is 12.9. The molecule has 27 heavy (non-hydrogen) atoms. The van der Waals surface area contributed by atoms with E-state index in [-0.39, 0.29) is 11.2 Å². The molecule has 1 N–H and O–H groups in total. The van der Waals surface area contributed by atoms with Gasteiger partial charge >= 0.3 is 0 Å². The topological polar surface area (TPSA) is 90.0 Å². The van der Waals surface area contributed by atoms with Gasteiger partial charge in [0, 0.05) is 24.7 Å². The number of aromatic hydroxyl groups is 1. The summed E-state index contributed by atoms with van der Waals surface area (Å²) in [4.78, 5) is 28.3. The third-order valence-corrected chi connectivity index (χ3v) is 5.55. The van der Waals surface area contributed by atoms with E-state index < -0.39 is 17.0 Å². The van der Waals surface area contributed by atoms with Gasteiger partial charge in [0.05, 0.1) is 18.3 Å². The highest BCUT2D eigenvalue weighted by atomic mass is 16.3. The van der Waals surface area contributed by atoms with E-state index >= 15 is 0 Å². The molecule has 3 heterocycles. The largest absolute Gasteiger partial charge is 0.503 e. The highest BCUT2D eigenvalue weighted by molar-refractivity contribution is 5.92. The molecule has 0 saturated heterocycles. The van der Waals surface area contributed by atoms with Crippen molar-refractivity contribution in [2.75, 3.05) is 0 Å². The number of Topliss-reactive ketones (excluding diaryl/α,β-unsaturated/α-hetero) is 1. The van der Waals surface area contributed by atoms with E-state index in [1.807, 2.05) is 6.07 Å². The minimum Gasteiger partial charge on any atom is -0.503 e. The van der Waals surface area contributed by atoms with Gasteiger partial charge in [0.15, 0.2) is 17.2 Å². The van der Waals surface area contributed by atoms with E-state index in [0.717, 1.165) is 42.3 Å². The Morgan fingerprint density at radius 3 is 2.74 bits per heavy atom. The Balaban J connectivity index is 1.84. The van der Waals surface area contributed by atoms with Gasteiger partial charge in [0.1, 0.15) is 5.65 Å². The number of pyridine rings is 1. The first kappa shape index (κ1) is 17.5. The van der Waals surface area contributed by atoms with Gasteiger partial charge < -0.3 is 9.67 Å². The lowest BCUT2D eigenvalue weighted by Gasteiger charge is -2.32. The first-order valence-corrected chi connectivity index (χ1v) is 9.16. The van der Waals surface area contributed by atoms with Gasteiger partial charge in [-0.3, -0.25) is 14.3 Å². The zero-order chi connectivity index (χ0) is 19.2. The van der Waals surface area contributed by atoms with E-state index in [2.05, 4.69) is 33.8 Å². The second-order valence-electron chi connectivity index (χ2n) is 7.43. The molecule has 0 unspecified atom stereocenters. The maximum absolute atomic E-state index is 12.0. The first-order valence-electron chi connectivity index (χ1n) is 9.16. The summed E-state index contributed by atoms with van der Waals surface area (Å²) in [6, 6.07) is 4.00. The Labute approximate surface area is 156 Å². The lowest BCUT2D eigenvalue weighted by Crippen LogP contribution is -2.36. The molecule has 140 valence electrons. The summed E-state index contributed by atoms with van der Waals surface area (Å²) in [6.07, 6.45) is 9.28. The normalized spacial score (nSPS) is 16.1. The van der Waals surface area contributed by atoms with E-state index in [1.54, 1.807) is 6.20 Å². The molecule has 3 aromatic rings. The average molecular weight is 366 g/mol. The van der Waals surface area contributed by atoms with Crippen LogP contribution < -0.4 is 5.43 Å². The van der Waals surface area contributed by atoms with Crippen molar-refractivity contribution in [2.24, 2.45) is 0 Å². The molecule has 0 spiro atoms. The van der Waals surface area contributed by atoms with E-state index in [4.69, 9.17) is 0 Å².